The van der Waals surface area contributed by atoms with Gasteiger partial charge in [-0.05, 0) is 48.5 Å². The van der Waals surface area contributed by atoms with Crippen LogP contribution in [0.15, 0.2) is 83.8 Å². The van der Waals surface area contributed by atoms with Gasteiger partial charge in [-0.2, -0.15) is 0 Å². The Morgan fingerprint density at radius 1 is 0.931 bits per heavy atom. The molecule has 150 valence electrons. The molecule has 0 spiro atoms. The van der Waals surface area contributed by atoms with Crippen LogP contribution in [-0.2, 0) is 14.8 Å². The highest BCUT2D eigenvalue weighted by Crippen LogP contribution is 2.24. The van der Waals surface area contributed by atoms with Crippen molar-refractivity contribution in [1.29, 1.82) is 0 Å². The van der Waals surface area contributed by atoms with E-state index in [4.69, 9.17) is 9.47 Å². The van der Waals surface area contributed by atoms with E-state index in [1.54, 1.807) is 18.2 Å². The maximum absolute atomic E-state index is 13.1. The molecule has 3 aromatic carbocycles. The van der Waals surface area contributed by atoms with Gasteiger partial charge in [0.25, 0.3) is 10.0 Å². The Labute approximate surface area is 168 Å². The van der Waals surface area contributed by atoms with E-state index in [0.29, 0.717) is 5.69 Å². The van der Waals surface area contributed by atoms with Gasteiger partial charge in [-0.1, -0.05) is 24.3 Å². The molecule has 6 nitrogen and oxygen atoms in total. The van der Waals surface area contributed by atoms with Crippen molar-refractivity contribution in [3.8, 4) is 11.5 Å². The molecule has 29 heavy (non-hydrogen) atoms. The molecular weight excluding hydrogens is 397 g/mol. The minimum absolute atomic E-state index is 0.174. The zero-order valence-corrected chi connectivity index (χ0v) is 16.3. The van der Waals surface area contributed by atoms with Gasteiger partial charge in [0, 0.05) is 13.1 Å². The van der Waals surface area contributed by atoms with Crippen LogP contribution in [0.5, 0.6) is 11.5 Å². The van der Waals surface area contributed by atoms with Crippen molar-refractivity contribution < 1.29 is 27.1 Å². The Morgan fingerprint density at radius 2 is 1.62 bits per heavy atom. The van der Waals surface area contributed by atoms with Crippen LogP contribution in [0.1, 0.15) is 0 Å². The lowest BCUT2D eigenvalue weighted by molar-refractivity contribution is -0.136. The molecule has 0 aromatic heterocycles. The number of carbonyl (C=O) groups excluding carboxylic acids is 1. The number of carbonyl (C=O) groups is 1. The molecule has 0 atom stereocenters. The van der Waals surface area contributed by atoms with Crippen LogP contribution in [0.25, 0.3) is 0 Å². The molecule has 0 saturated heterocycles. The fraction of sp³-hybridized carbons (Fsp3) is 0.0952. The fourth-order valence-corrected chi connectivity index (χ4v) is 3.69. The van der Waals surface area contributed by atoms with Gasteiger partial charge < -0.3 is 9.47 Å². The van der Waals surface area contributed by atoms with Gasteiger partial charge in [0.15, 0.2) is 6.61 Å². The highest BCUT2D eigenvalue weighted by molar-refractivity contribution is 7.92. The van der Waals surface area contributed by atoms with Gasteiger partial charge in [0.1, 0.15) is 17.3 Å². The summed E-state index contributed by atoms with van der Waals surface area (Å²) in [5.74, 6) is -0.703. The topological polar surface area (TPSA) is 72.9 Å². The predicted octanol–water partition coefficient (Wildman–Crippen LogP) is 3.64. The highest BCUT2D eigenvalue weighted by Gasteiger charge is 2.21. The van der Waals surface area contributed by atoms with Gasteiger partial charge in [-0.15, -0.1) is 0 Å². The zero-order chi connectivity index (χ0) is 20.9. The molecular formula is C21H18FNO5S. The van der Waals surface area contributed by atoms with Crippen LogP contribution in [0, 0.1) is 5.82 Å². The van der Waals surface area contributed by atoms with Gasteiger partial charge in [-0.3, -0.25) is 4.31 Å². The minimum Gasteiger partial charge on any atom is -0.482 e. The Balaban J connectivity index is 1.61. The SMILES string of the molecule is CN(c1ccc(OC(=O)COc2cccc(F)c2)cc1)S(=O)(=O)c1ccccc1. The van der Waals surface area contributed by atoms with Crippen molar-refractivity contribution in [1.82, 2.24) is 0 Å². The summed E-state index contributed by atoms with van der Waals surface area (Å²) >= 11 is 0. The zero-order valence-electron chi connectivity index (χ0n) is 15.5. The molecule has 0 N–H and O–H groups in total. The number of sulfonamides is 1. The number of nitrogens with zero attached hydrogens (tertiary/aromatic N) is 1. The number of ether oxygens (including phenoxy) is 2. The van der Waals surface area contributed by atoms with Crippen LogP contribution < -0.4 is 13.8 Å². The predicted molar refractivity (Wildman–Crippen MR) is 106 cm³/mol. The van der Waals surface area contributed by atoms with E-state index in [0.717, 1.165) is 10.4 Å². The first kappa shape index (κ1) is 20.3. The van der Waals surface area contributed by atoms with E-state index in [1.165, 1.54) is 61.6 Å². The summed E-state index contributed by atoms with van der Waals surface area (Å²) in [4.78, 5) is 12.1. The van der Waals surface area contributed by atoms with E-state index >= 15 is 0 Å². The summed E-state index contributed by atoms with van der Waals surface area (Å²) in [6.45, 7) is -0.395. The fourth-order valence-electron chi connectivity index (χ4n) is 2.47. The van der Waals surface area contributed by atoms with Crippen LogP contribution in [0.4, 0.5) is 10.1 Å². The van der Waals surface area contributed by atoms with Crippen LogP contribution >= 0.6 is 0 Å². The lowest BCUT2D eigenvalue weighted by Crippen LogP contribution is -2.26. The summed E-state index contributed by atoms with van der Waals surface area (Å²) in [5, 5.41) is 0. The molecule has 0 saturated carbocycles. The van der Waals surface area contributed by atoms with Gasteiger partial charge >= 0.3 is 5.97 Å². The standard InChI is InChI=1S/C21H18FNO5S/c1-23(29(25,26)20-8-3-2-4-9-20)17-10-12-18(13-11-17)28-21(24)15-27-19-7-5-6-16(22)14-19/h2-14H,15H2,1H3. The molecule has 0 bridgehead atoms. The number of hydrogen-bond donors (Lipinski definition) is 0. The van der Waals surface area contributed by atoms with Gasteiger partial charge in [0.2, 0.25) is 0 Å². The van der Waals surface area contributed by atoms with Gasteiger partial charge in [0.05, 0.1) is 10.6 Å². The van der Waals surface area contributed by atoms with Crippen molar-refractivity contribution in [3.63, 3.8) is 0 Å². The van der Waals surface area contributed by atoms with Crippen molar-refractivity contribution >= 4 is 21.7 Å². The molecule has 0 fully saturated rings. The monoisotopic (exact) mass is 415 g/mol. The molecule has 0 radical (unpaired) electrons. The summed E-state index contributed by atoms with van der Waals surface area (Å²) in [6.07, 6.45) is 0. The van der Waals surface area contributed by atoms with E-state index in [9.17, 15) is 17.6 Å². The molecule has 3 rings (SSSR count). The maximum Gasteiger partial charge on any atom is 0.349 e. The summed E-state index contributed by atoms with van der Waals surface area (Å²) in [5.41, 5.74) is 0.407. The second-order valence-corrected chi connectivity index (χ2v) is 7.97. The molecule has 3 aromatic rings. The van der Waals surface area contributed by atoms with E-state index in [2.05, 4.69) is 0 Å². The average molecular weight is 415 g/mol. The lowest BCUT2D eigenvalue weighted by Gasteiger charge is -2.19. The Morgan fingerprint density at radius 3 is 2.28 bits per heavy atom. The van der Waals surface area contributed by atoms with Crippen molar-refractivity contribution in [3.05, 3.63) is 84.7 Å². The first-order valence-corrected chi connectivity index (χ1v) is 10.0. The first-order valence-electron chi connectivity index (χ1n) is 8.59. The van der Waals surface area contributed by atoms with E-state index in [-0.39, 0.29) is 16.4 Å². The Hall–Kier alpha value is -3.39. The third kappa shape index (κ3) is 5.11. The first-order chi connectivity index (χ1) is 13.9. The summed E-state index contributed by atoms with van der Waals surface area (Å²) in [6, 6.07) is 19.5. The second kappa shape index (κ2) is 8.74. The second-order valence-electron chi connectivity index (χ2n) is 6.00. The number of rotatable bonds is 7. The largest absolute Gasteiger partial charge is 0.482 e. The molecule has 0 heterocycles. The molecule has 0 aliphatic carbocycles. The highest BCUT2D eigenvalue weighted by atomic mass is 32.2. The van der Waals surface area contributed by atoms with Crippen LogP contribution in [-0.4, -0.2) is 28.0 Å². The molecule has 0 unspecified atom stereocenters. The van der Waals surface area contributed by atoms with Crippen molar-refractivity contribution in [2.24, 2.45) is 0 Å². The Bertz CT molecular complexity index is 1090. The number of benzene rings is 3. The molecule has 0 aliphatic rings. The van der Waals surface area contributed by atoms with Crippen LogP contribution in [0.3, 0.4) is 0 Å². The minimum atomic E-state index is -3.70. The average Bonchev–Trinajstić information content (AvgIpc) is 2.73. The third-order valence-electron chi connectivity index (χ3n) is 3.99. The van der Waals surface area contributed by atoms with Crippen molar-refractivity contribution in [2.45, 2.75) is 4.90 Å². The van der Waals surface area contributed by atoms with E-state index < -0.39 is 28.4 Å². The molecule has 0 amide bonds. The summed E-state index contributed by atoms with van der Waals surface area (Å²) in [7, 11) is -2.26. The number of halogens is 1. The quantitative estimate of drug-likeness (QED) is 0.435. The number of anilines is 1. The lowest BCUT2D eigenvalue weighted by atomic mass is 10.3. The van der Waals surface area contributed by atoms with Gasteiger partial charge in [-0.25, -0.2) is 17.6 Å². The van der Waals surface area contributed by atoms with E-state index in [1.807, 2.05) is 0 Å². The third-order valence-corrected chi connectivity index (χ3v) is 5.79. The normalized spacial score (nSPS) is 11.0. The summed E-state index contributed by atoms with van der Waals surface area (Å²) < 4.78 is 49.8. The Kier molecular flexibility index (Phi) is 6.13. The van der Waals surface area contributed by atoms with Crippen molar-refractivity contribution in [2.75, 3.05) is 18.0 Å². The number of esters is 1. The number of hydrogen-bond acceptors (Lipinski definition) is 5. The molecule has 8 heteroatoms. The maximum atomic E-state index is 13.1. The van der Waals surface area contributed by atoms with Crippen LogP contribution in [0.2, 0.25) is 0 Å². The smallest absolute Gasteiger partial charge is 0.349 e. The molecule has 0 aliphatic heterocycles.